The average Bonchev–Trinajstić information content (AvgIpc) is 2.32. The molecule has 110 valence electrons. The van der Waals surface area contributed by atoms with Crippen LogP contribution in [0.4, 0.5) is 11.4 Å². The smallest absolute Gasteiger partial charge is 0.175 e. The minimum atomic E-state index is 0.503. The van der Waals surface area contributed by atoms with Gasteiger partial charge in [-0.1, -0.05) is 40.9 Å². The van der Waals surface area contributed by atoms with Crippen LogP contribution in [0.1, 0.15) is 16.7 Å². The summed E-state index contributed by atoms with van der Waals surface area (Å²) in [6.45, 7) is 6.19. The number of nitrogens with one attached hydrogen (secondary N) is 2. The van der Waals surface area contributed by atoms with Gasteiger partial charge >= 0.3 is 0 Å². The maximum Gasteiger partial charge on any atom is 0.175 e. The highest BCUT2D eigenvalue weighted by molar-refractivity contribution is 7.80. The molecule has 0 radical (unpaired) electrons. The molecule has 0 spiro atoms. The van der Waals surface area contributed by atoms with E-state index in [1.54, 1.807) is 18.2 Å². The van der Waals surface area contributed by atoms with Gasteiger partial charge in [-0.2, -0.15) is 0 Å². The molecule has 0 saturated heterocycles. The van der Waals surface area contributed by atoms with Crippen molar-refractivity contribution in [1.82, 2.24) is 0 Å². The molecule has 0 aliphatic rings. The molecule has 0 aliphatic heterocycles. The van der Waals surface area contributed by atoms with E-state index in [2.05, 4.69) is 43.5 Å². The molecule has 0 aromatic heterocycles. The van der Waals surface area contributed by atoms with Crippen molar-refractivity contribution in [2.45, 2.75) is 20.8 Å². The van der Waals surface area contributed by atoms with E-state index >= 15 is 0 Å². The fourth-order valence-electron chi connectivity index (χ4n) is 2.28. The van der Waals surface area contributed by atoms with Crippen LogP contribution < -0.4 is 10.6 Å². The second-order valence-electron chi connectivity index (χ2n) is 5.01. The van der Waals surface area contributed by atoms with E-state index in [0.717, 1.165) is 22.5 Å². The predicted octanol–water partition coefficient (Wildman–Crippen LogP) is 5.73. The summed E-state index contributed by atoms with van der Waals surface area (Å²) < 4.78 is 0. The van der Waals surface area contributed by atoms with Crippen molar-refractivity contribution >= 4 is 51.9 Å². The third kappa shape index (κ3) is 4.34. The zero-order valence-corrected chi connectivity index (χ0v) is 14.4. The third-order valence-corrected chi connectivity index (χ3v) is 3.68. The summed E-state index contributed by atoms with van der Waals surface area (Å²) in [5, 5.41) is 7.95. The zero-order valence-electron chi connectivity index (χ0n) is 12.1. The first-order valence-corrected chi connectivity index (χ1v) is 7.63. The highest BCUT2D eigenvalue weighted by atomic mass is 35.5. The molecule has 2 nitrogen and oxygen atoms in total. The number of hydrogen-bond donors (Lipinski definition) is 2. The van der Waals surface area contributed by atoms with E-state index in [1.807, 2.05) is 0 Å². The lowest BCUT2D eigenvalue weighted by Gasteiger charge is -2.16. The molecule has 2 aromatic rings. The van der Waals surface area contributed by atoms with Crippen LogP contribution in [0.25, 0.3) is 0 Å². The molecule has 0 amide bonds. The Morgan fingerprint density at radius 3 is 1.90 bits per heavy atom. The summed E-state index contributed by atoms with van der Waals surface area (Å²) in [4.78, 5) is 0. The van der Waals surface area contributed by atoms with E-state index in [4.69, 9.17) is 35.4 Å². The van der Waals surface area contributed by atoms with Gasteiger partial charge in [-0.05, 0) is 62.3 Å². The second kappa shape index (κ2) is 6.65. The van der Waals surface area contributed by atoms with Crippen molar-refractivity contribution in [2.24, 2.45) is 0 Å². The van der Waals surface area contributed by atoms with Crippen LogP contribution >= 0.6 is 35.4 Å². The summed E-state index contributed by atoms with van der Waals surface area (Å²) >= 11 is 17.3. The van der Waals surface area contributed by atoms with Gasteiger partial charge in [0.1, 0.15) is 0 Å². The lowest BCUT2D eigenvalue weighted by molar-refractivity contribution is 1.32. The molecule has 2 aromatic carbocycles. The molecular weight excluding hydrogens is 323 g/mol. The van der Waals surface area contributed by atoms with Crippen molar-refractivity contribution in [3.63, 3.8) is 0 Å². The largest absolute Gasteiger partial charge is 0.332 e. The average molecular weight is 339 g/mol. The van der Waals surface area contributed by atoms with E-state index in [1.165, 1.54) is 5.56 Å². The molecule has 2 N–H and O–H groups in total. The maximum absolute atomic E-state index is 5.97. The Labute approximate surface area is 140 Å². The number of halogens is 2. The molecule has 0 fully saturated rings. The van der Waals surface area contributed by atoms with Crippen LogP contribution in [0.5, 0.6) is 0 Å². The first kappa shape index (κ1) is 16.1. The van der Waals surface area contributed by atoms with Gasteiger partial charge in [0, 0.05) is 21.4 Å². The summed E-state index contributed by atoms with van der Waals surface area (Å²) in [5.41, 5.74) is 5.32. The van der Waals surface area contributed by atoms with E-state index < -0.39 is 0 Å². The lowest BCUT2D eigenvalue weighted by Crippen LogP contribution is -2.20. The summed E-state index contributed by atoms with van der Waals surface area (Å²) in [5.74, 6) is 0. The van der Waals surface area contributed by atoms with Gasteiger partial charge in [-0.15, -0.1) is 0 Å². The van der Waals surface area contributed by atoms with Crippen molar-refractivity contribution in [2.75, 3.05) is 10.6 Å². The highest BCUT2D eigenvalue weighted by Gasteiger charge is 2.07. The summed E-state index contributed by atoms with van der Waals surface area (Å²) in [7, 11) is 0. The van der Waals surface area contributed by atoms with Gasteiger partial charge in [0.15, 0.2) is 5.11 Å². The van der Waals surface area contributed by atoms with Crippen molar-refractivity contribution in [1.29, 1.82) is 0 Å². The quantitative estimate of drug-likeness (QED) is 0.684. The van der Waals surface area contributed by atoms with Crippen molar-refractivity contribution in [3.05, 3.63) is 57.1 Å². The van der Waals surface area contributed by atoms with E-state index in [9.17, 15) is 0 Å². The van der Waals surface area contributed by atoms with Gasteiger partial charge in [0.05, 0.1) is 0 Å². The Hall–Kier alpha value is -1.29. The van der Waals surface area contributed by atoms with Crippen LogP contribution in [0.3, 0.4) is 0 Å². The van der Waals surface area contributed by atoms with Crippen LogP contribution in [-0.4, -0.2) is 5.11 Å². The predicted molar refractivity (Wildman–Crippen MR) is 97.0 cm³/mol. The lowest BCUT2D eigenvalue weighted by atomic mass is 10.1. The van der Waals surface area contributed by atoms with Gasteiger partial charge in [0.25, 0.3) is 0 Å². The molecule has 0 atom stereocenters. The first-order chi connectivity index (χ1) is 9.85. The molecule has 5 heteroatoms. The standard InChI is InChI=1S/C16H16Cl2N2S/c1-9-4-10(2)15(11(3)5-9)20-16(21)19-14-7-12(17)6-13(18)8-14/h4-8H,1-3H3,(H2,19,20,21). The molecule has 0 bridgehead atoms. The maximum atomic E-state index is 5.97. The Morgan fingerprint density at radius 1 is 0.857 bits per heavy atom. The molecular formula is C16H16Cl2N2S. The number of thiocarbonyl (C=S) groups is 1. The van der Waals surface area contributed by atoms with Crippen LogP contribution in [0.2, 0.25) is 10.0 Å². The molecule has 0 unspecified atom stereocenters. The first-order valence-electron chi connectivity index (χ1n) is 6.47. The van der Waals surface area contributed by atoms with E-state index in [0.29, 0.717) is 15.2 Å². The van der Waals surface area contributed by atoms with Gasteiger partial charge in [0.2, 0.25) is 0 Å². The third-order valence-electron chi connectivity index (χ3n) is 3.04. The Balaban J connectivity index is 2.15. The van der Waals surface area contributed by atoms with Crippen molar-refractivity contribution in [3.8, 4) is 0 Å². The monoisotopic (exact) mass is 338 g/mol. The molecule has 21 heavy (non-hydrogen) atoms. The Bertz CT molecular complexity index is 655. The molecule has 0 heterocycles. The van der Waals surface area contributed by atoms with Crippen LogP contribution in [-0.2, 0) is 0 Å². The summed E-state index contributed by atoms with van der Waals surface area (Å²) in [6.07, 6.45) is 0. The number of hydrogen-bond acceptors (Lipinski definition) is 1. The Kier molecular flexibility index (Phi) is 5.09. The van der Waals surface area contributed by atoms with Gasteiger partial charge in [-0.3, -0.25) is 0 Å². The number of anilines is 2. The topological polar surface area (TPSA) is 24.1 Å². The number of rotatable bonds is 2. The Morgan fingerprint density at radius 2 is 1.38 bits per heavy atom. The minimum absolute atomic E-state index is 0.503. The molecule has 0 saturated carbocycles. The van der Waals surface area contributed by atoms with Crippen LogP contribution in [0.15, 0.2) is 30.3 Å². The second-order valence-corrected chi connectivity index (χ2v) is 6.29. The fourth-order valence-corrected chi connectivity index (χ4v) is 3.03. The van der Waals surface area contributed by atoms with Gasteiger partial charge in [-0.25, -0.2) is 0 Å². The minimum Gasteiger partial charge on any atom is -0.332 e. The van der Waals surface area contributed by atoms with Crippen LogP contribution in [0, 0.1) is 20.8 Å². The SMILES string of the molecule is Cc1cc(C)c(NC(=S)Nc2cc(Cl)cc(Cl)c2)c(C)c1. The molecule has 0 aliphatic carbocycles. The number of benzene rings is 2. The summed E-state index contributed by atoms with van der Waals surface area (Å²) in [6, 6.07) is 9.47. The normalized spacial score (nSPS) is 10.3. The number of aryl methyl sites for hydroxylation is 3. The highest BCUT2D eigenvalue weighted by Crippen LogP contribution is 2.24. The van der Waals surface area contributed by atoms with Crippen molar-refractivity contribution < 1.29 is 0 Å². The van der Waals surface area contributed by atoms with E-state index in [-0.39, 0.29) is 0 Å². The van der Waals surface area contributed by atoms with Gasteiger partial charge < -0.3 is 10.6 Å². The zero-order chi connectivity index (χ0) is 15.6. The fraction of sp³-hybridized carbons (Fsp3) is 0.188. The molecule has 2 rings (SSSR count).